The van der Waals surface area contributed by atoms with E-state index in [4.69, 9.17) is 4.74 Å². The summed E-state index contributed by atoms with van der Waals surface area (Å²) in [6, 6.07) is 3.23. The van der Waals surface area contributed by atoms with Crippen molar-refractivity contribution >= 4 is 0 Å². The third-order valence-corrected chi connectivity index (χ3v) is 1.76. The summed E-state index contributed by atoms with van der Waals surface area (Å²) in [7, 11) is 0. The van der Waals surface area contributed by atoms with E-state index in [1.165, 1.54) is 6.07 Å². The Hall–Kier alpha value is -1.05. The van der Waals surface area contributed by atoms with Crippen molar-refractivity contribution in [2.45, 2.75) is 20.8 Å². The Balaban J connectivity index is 3.05. The fraction of sp³-hybridized carbons (Fsp3) is 0.400. The number of hydrogen-bond acceptors (Lipinski definition) is 1. The van der Waals surface area contributed by atoms with E-state index in [2.05, 4.69) is 0 Å². The summed E-state index contributed by atoms with van der Waals surface area (Å²) < 4.78 is 18.3. The van der Waals surface area contributed by atoms with Gasteiger partial charge in [0.1, 0.15) is 11.6 Å². The summed E-state index contributed by atoms with van der Waals surface area (Å²) in [5, 5.41) is 0. The summed E-state index contributed by atoms with van der Waals surface area (Å²) in [5.74, 6) is 0.604. The first-order valence-electron chi connectivity index (χ1n) is 4.04. The number of hydrogen-bond donors (Lipinski definition) is 0. The fourth-order valence-electron chi connectivity index (χ4n) is 1.07. The second-order valence-electron chi connectivity index (χ2n) is 2.80. The van der Waals surface area contributed by atoms with Crippen LogP contribution in [0.3, 0.4) is 0 Å². The minimum Gasteiger partial charge on any atom is -0.494 e. The van der Waals surface area contributed by atoms with E-state index in [0.29, 0.717) is 12.2 Å². The minimum absolute atomic E-state index is 0.170. The van der Waals surface area contributed by atoms with Gasteiger partial charge >= 0.3 is 0 Å². The summed E-state index contributed by atoms with van der Waals surface area (Å²) in [4.78, 5) is 0. The molecular weight excluding hydrogens is 155 g/mol. The number of halogens is 1. The molecule has 0 unspecified atom stereocenters. The van der Waals surface area contributed by atoms with E-state index >= 15 is 0 Å². The molecule has 12 heavy (non-hydrogen) atoms. The molecule has 0 amide bonds. The highest BCUT2D eigenvalue weighted by molar-refractivity contribution is 5.36. The van der Waals surface area contributed by atoms with Crippen LogP contribution in [0, 0.1) is 19.7 Å². The van der Waals surface area contributed by atoms with Crippen LogP contribution in [0.25, 0.3) is 0 Å². The largest absolute Gasteiger partial charge is 0.494 e. The van der Waals surface area contributed by atoms with Gasteiger partial charge in [0, 0.05) is 0 Å². The van der Waals surface area contributed by atoms with Crippen molar-refractivity contribution in [3.8, 4) is 5.75 Å². The van der Waals surface area contributed by atoms with Crippen LogP contribution in [-0.2, 0) is 0 Å². The number of aryl methyl sites for hydroxylation is 2. The molecule has 0 radical (unpaired) electrons. The van der Waals surface area contributed by atoms with Crippen molar-refractivity contribution in [2.75, 3.05) is 6.61 Å². The molecule has 0 saturated carbocycles. The second-order valence-corrected chi connectivity index (χ2v) is 2.80. The average Bonchev–Trinajstić information content (AvgIpc) is 2.01. The first-order chi connectivity index (χ1) is 5.65. The van der Waals surface area contributed by atoms with Crippen molar-refractivity contribution in [3.05, 3.63) is 29.1 Å². The van der Waals surface area contributed by atoms with Crippen LogP contribution in [0.15, 0.2) is 12.1 Å². The third-order valence-electron chi connectivity index (χ3n) is 1.76. The monoisotopic (exact) mass is 168 g/mol. The fourth-order valence-corrected chi connectivity index (χ4v) is 1.07. The van der Waals surface area contributed by atoms with Gasteiger partial charge in [0.25, 0.3) is 0 Å². The molecule has 0 spiro atoms. The van der Waals surface area contributed by atoms with Crippen molar-refractivity contribution < 1.29 is 9.13 Å². The summed E-state index contributed by atoms with van der Waals surface area (Å²) in [6.07, 6.45) is 0. The van der Waals surface area contributed by atoms with Gasteiger partial charge in [-0.2, -0.15) is 0 Å². The van der Waals surface area contributed by atoms with Gasteiger partial charge in [0.05, 0.1) is 6.61 Å². The first-order valence-corrected chi connectivity index (χ1v) is 4.04. The van der Waals surface area contributed by atoms with Crippen LogP contribution >= 0.6 is 0 Å². The maximum atomic E-state index is 12.9. The summed E-state index contributed by atoms with van der Waals surface area (Å²) >= 11 is 0. The minimum atomic E-state index is -0.170. The number of benzene rings is 1. The zero-order valence-corrected chi connectivity index (χ0v) is 7.65. The highest BCUT2D eigenvalue weighted by Gasteiger charge is 2.03. The molecule has 0 N–H and O–H groups in total. The van der Waals surface area contributed by atoms with Crippen molar-refractivity contribution in [3.63, 3.8) is 0 Å². The molecule has 0 bridgehead atoms. The molecule has 1 aromatic carbocycles. The van der Waals surface area contributed by atoms with Gasteiger partial charge in [-0.05, 0) is 44.0 Å². The summed E-state index contributed by atoms with van der Waals surface area (Å²) in [6.45, 7) is 6.11. The van der Waals surface area contributed by atoms with Gasteiger partial charge in [-0.3, -0.25) is 0 Å². The normalized spacial score (nSPS) is 10.0. The Labute approximate surface area is 72.2 Å². The quantitative estimate of drug-likeness (QED) is 0.659. The third kappa shape index (κ3) is 1.76. The molecule has 0 heterocycles. The highest BCUT2D eigenvalue weighted by atomic mass is 19.1. The molecule has 2 heteroatoms. The maximum absolute atomic E-state index is 12.9. The number of ether oxygens (including phenoxy) is 1. The van der Waals surface area contributed by atoms with Crippen LogP contribution in [0.5, 0.6) is 5.75 Å². The van der Waals surface area contributed by atoms with Crippen LogP contribution in [0.2, 0.25) is 0 Å². The Kier molecular flexibility index (Phi) is 2.69. The Morgan fingerprint density at radius 3 is 2.50 bits per heavy atom. The van der Waals surface area contributed by atoms with Crippen LogP contribution < -0.4 is 4.74 Å². The molecule has 0 aliphatic heterocycles. The van der Waals surface area contributed by atoms with E-state index in [-0.39, 0.29) is 5.82 Å². The van der Waals surface area contributed by atoms with Crippen molar-refractivity contribution in [1.82, 2.24) is 0 Å². The molecule has 0 atom stereocenters. The highest BCUT2D eigenvalue weighted by Crippen LogP contribution is 2.21. The molecule has 1 aromatic rings. The lowest BCUT2D eigenvalue weighted by Crippen LogP contribution is -1.95. The Bertz CT molecular complexity index is 281. The van der Waals surface area contributed by atoms with Crippen molar-refractivity contribution in [2.24, 2.45) is 0 Å². The molecule has 0 aliphatic carbocycles. The molecule has 1 rings (SSSR count). The smallest absolute Gasteiger partial charge is 0.126 e. The predicted molar refractivity (Wildman–Crippen MR) is 47.0 cm³/mol. The average molecular weight is 168 g/mol. The van der Waals surface area contributed by atoms with Gasteiger partial charge in [-0.25, -0.2) is 4.39 Å². The Morgan fingerprint density at radius 1 is 1.25 bits per heavy atom. The molecule has 66 valence electrons. The van der Waals surface area contributed by atoms with Crippen LogP contribution in [-0.4, -0.2) is 6.61 Å². The van der Waals surface area contributed by atoms with E-state index in [1.54, 1.807) is 13.0 Å². The lowest BCUT2D eigenvalue weighted by Gasteiger charge is -2.07. The van der Waals surface area contributed by atoms with Gasteiger partial charge in [0.15, 0.2) is 0 Å². The van der Waals surface area contributed by atoms with Gasteiger partial charge in [-0.15, -0.1) is 0 Å². The molecule has 0 fully saturated rings. The van der Waals surface area contributed by atoms with E-state index < -0.39 is 0 Å². The maximum Gasteiger partial charge on any atom is 0.126 e. The zero-order chi connectivity index (χ0) is 9.14. The van der Waals surface area contributed by atoms with Crippen LogP contribution in [0.4, 0.5) is 4.39 Å². The molecule has 0 saturated heterocycles. The standard InChI is InChI=1S/C10H13FO/c1-4-12-10-6-7(2)9(11)5-8(10)3/h5-6H,4H2,1-3H3. The molecule has 1 nitrogen and oxygen atoms in total. The molecule has 0 aromatic heterocycles. The van der Waals surface area contributed by atoms with Crippen LogP contribution in [0.1, 0.15) is 18.1 Å². The second kappa shape index (κ2) is 3.57. The SMILES string of the molecule is CCOc1cc(C)c(F)cc1C. The van der Waals surface area contributed by atoms with E-state index in [0.717, 1.165) is 11.3 Å². The van der Waals surface area contributed by atoms with E-state index in [9.17, 15) is 4.39 Å². The molecule has 0 aliphatic rings. The van der Waals surface area contributed by atoms with Gasteiger partial charge in [0.2, 0.25) is 0 Å². The lowest BCUT2D eigenvalue weighted by molar-refractivity contribution is 0.337. The lowest BCUT2D eigenvalue weighted by atomic mass is 10.1. The zero-order valence-electron chi connectivity index (χ0n) is 7.65. The van der Waals surface area contributed by atoms with E-state index in [1.807, 2.05) is 13.8 Å². The topological polar surface area (TPSA) is 9.23 Å². The summed E-state index contributed by atoms with van der Waals surface area (Å²) in [5.41, 5.74) is 1.48. The predicted octanol–water partition coefficient (Wildman–Crippen LogP) is 2.84. The number of rotatable bonds is 2. The Morgan fingerprint density at radius 2 is 1.92 bits per heavy atom. The van der Waals surface area contributed by atoms with Gasteiger partial charge < -0.3 is 4.74 Å². The molecular formula is C10H13FO. The van der Waals surface area contributed by atoms with Gasteiger partial charge in [-0.1, -0.05) is 0 Å². The van der Waals surface area contributed by atoms with Crippen molar-refractivity contribution in [1.29, 1.82) is 0 Å². The first kappa shape index (κ1) is 9.04.